The van der Waals surface area contributed by atoms with Gasteiger partial charge >= 0.3 is 0 Å². The molecule has 1 N–H and O–H groups in total. The van der Waals surface area contributed by atoms with Crippen molar-refractivity contribution in [1.82, 2.24) is 4.98 Å². The molecule has 1 aromatic heterocycles. The average molecular weight is 257 g/mol. The molecule has 1 heterocycles. The van der Waals surface area contributed by atoms with Gasteiger partial charge in [-0.3, -0.25) is 4.98 Å². The second kappa shape index (κ2) is 6.67. The number of fused-ring (bicyclic) bond motifs is 1. The van der Waals surface area contributed by atoms with Gasteiger partial charge in [-0.05, 0) is 42.5 Å². The van der Waals surface area contributed by atoms with Crippen molar-refractivity contribution in [3.63, 3.8) is 0 Å². The summed E-state index contributed by atoms with van der Waals surface area (Å²) in [5, 5.41) is 11.7. The van der Waals surface area contributed by atoms with Crippen LogP contribution in [0.5, 0.6) is 0 Å². The Hall–Kier alpha value is -1.41. The zero-order chi connectivity index (χ0) is 13.7. The number of hydrogen-bond acceptors (Lipinski definition) is 2. The highest BCUT2D eigenvalue weighted by molar-refractivity contribution is 5.79. The maximum Gasteiger partial charge on any atom is 0.0818 e. The van der Waals surface area contributed by atoms with Crippen molar-refractivity contribution < 1.29 is 5.11 Å². The molecular formula is C17H23NO. The van der Waals surface area contributed by atoms with E-state index in [0.717, 1.165) is 42.1 Å². The van der Waals surface area contributed by atoms with Crippen molar-refractivity contribution >= 4 is 10.9 Å². The summed E-state index contributed by atoms with van der Waals surface area (Å²) in [5.74, 6) is 0.365. The minimum Gasteiger partial charge on any atom is -0.388 e. The number of rotatable bonds is 6. The van der Waals surface area contributed by atoms with Gasteiger partial charge in [0, 0.05) is 11.6 Å². The molecule has 2 heteroatoms. The van der Waals surface area contributed by atoms with Crippen LogP contribution in [0.4, 0.5) is 0 Å². The van der Waals surface area contributed by atoms with Gasteiger partial charge in [0.1, 0.15) is 0 Å². The molecule has 0 bridgehead atoms. The SMILES string of the molecule is CCCC(CCC)C(O)c1ccc2ncccc2c1. The number of benzene rings is 1. The zero-order valence-corrected chi connectivity index (χ0v) is 11.8. The lowest BCUT2D eigenvalue weighted by atomic mass is 9.88. The van der Waals surface area contributed by atoms with E-state index in [1.165, 1.54) is 0 Å². The van der Waals surface area contributed by atoms with E-state index in [0.29, 0.717) is 5.92 Å². The summed E-state index contributed by atoms with van der Waals surface area (Å²) in [6.45, 7) is 4.36. The van der Waals surface area contributed by atoms with Crippen LogP contribution in [0.1, 0.15) is 51.2 Å². The number of aliphatic hydroxyl groups is 1. The molecule has 0 amide bonds. The lowest BCUT2D eigenvalue weighted by Crippen LogP contribution is -2.12. The Bertz CT molecular complexity index is 517. The van der Waals surface area contributed by atoms with Crippen LogP contribution in [0.3, 0.4) is 0 Å². The van der Waals surface area contributed by atoms with E-state index < -0.39 is 0 Å². The lowest BCUT2D eigenvalue weighted by Gasteiger charge is -2.22. The number of aliphatic hydroxyl groups excluding tert-OH is 1. The summed E-state index contributed by atoms with van der Waals surface area (Å²) >= 11 is 0. The van der Waals surface area contributed by atoms with Gasteiger partial charge < -0.3 is 5.11 Å². The molecule has 0 saturated heterocycles. The van der Waals surface area contributed by atoms with E-state index in [4.69, 9.17) is 0 Å². The summed E-state index contributed by atoms with van der Waals surface area (Å²) < 4.78 is 0. The molecule has 1 unspecified atom stereocenters. The minimum absolute atomic E-state index is 0.357. The molecule has 1 atom stereocenters. The molecule has 2 rings (SSSR count). The first kappa shape index (κ1) is 14.0. The average Bonchev–Trinajstić information content (AvgIpc) is 2.46. The normalized spacial score (nSPS) is 13.1. The van der Waals surface area contributed by atoms with Gasteiger partial charge in [-0.15, -0.1) is 0 Å². The lowest BCUT2D eigenvalue weighted by molar-refractivity contribution is 0.0966. The number of aromatic nitrogens is 1. The first-order valence-electron chi connectivity index (χ1n) is 7.29. The molecular weight excluding hydrogens is 234 g/mol. The minimum atomic E-state index is -0.357. The van der Waals surface area contributed by atoms with Gasteiger partial charge in [0.2, 0.25) is 0 Å². The molecule has 102 valence electrons. The quantitative estimate of drug-likeness (QED) is 0.827. The first-order valence-corrected chi connectivity index (χ1v) is 7.29. The largest absolute Gasteiger partial charge is 0.388 e. The third-order valence-corrected chi connectivity index (χ3v) is 3.73. The van der Waals surface area contributed by atoms with Crippen molar-refractivity contribution in [3.8, 4) is 0 Å². The van der Waals surface area contributed by atoms with Crippen LogP contribution in [-0.4, -0.2) is 10.1 Å². The Morgan fingerprint density at radius 1 is 1.11 bits per heavy atom. The molecule has 1 aromatic carbocycles. The van der Waals surface area contributed by atoms with E-state index >= 15 is 0 Å². The molecule has 0 fully saturated rings. The van der Waals surface area contributed by atoms with Gasteiger partial charge in [-0.25, -0.2) is 0 Å². The predicted octanol–water partition coefficient (Wildman–Crippen LogP) is 4.48. The third-order valence-electron chi connectivity index (χ3n) is 3.73. The van der Waals surface area contributed by atoms with Crippen LogP contribution < -0.4 is 0 Å². The van der Waals surface area contributed by atoms with Crippen LogP contribution in [-0.2, 0) is 0 Å². The Morgan fingerprint density at radius 3 is 2.53 bits per heavy atom. The maximum atomic E-state index is 10.6. The third kappa shape index (κ3) is 3.32. The number of pyridine rings is 1. The summed E-state index contributed by atoms with van der Waals surface area (Å²) in [5.41, 5.74) is 2.01. The van der Waals surface area contributed by atoms with Gasteiger partial charge in [0.15, 0.2) is 0 Å². The second-order valence-corrected chi connectivity index (χ2v) is 5.24. The van der Waals surface area contributed by atoms with Crippen molar-refractivity contribution in [2.75, 3.05) is 0 Å². The predicted molar refractivity (Wildman–Crippen MR) is 80.0 cm³/mol. The summed E-state index contributed by atoms with van der Waals surface area (Å²) in [6.07, 6.45) is 5.85. The highest BCUT2D eigenvalue weighted by atomic mass is 16.3. The Kier molecular flexibility index (Phi) is 4.92. The molecule has 0 aliphatic rings. The van der Waals surface area contributed by atoms with Crippen molar-refractivity contribution in [2.24, 2.45) is 5.92 Å². The highest BCUT2D eigenvalue weighted by Crippen LogP contribution is 2.30. The van der Waals surface area contributed by atoms with Crippen LogP contribution >= 0.6 is 0 Å². The Morgan fingerprint density at radius 2 is 1.84 bits per heavy atom. The molecule has 19 heavy (non-hydrogen) atoms. The van der Waals surface area contributed by atoms with E-state index in [1.807, 2.05) is 24.3 Å². The molecule has 0 aliphatic heterocycles. The fourth-order valence-corrected chi connectivity index (χ4v) is 2.75. The van der Waals surface area contributed by atoms with Gasteiger partial charge in [-0.1, -0.05) is 38.8 Å². The molecule has 0 radical (unpaired) electrons. The van der Waals surface area contributed by atoms with Crippen molar-refractivity contribution in [2.45, 2.75) is 45.6 Å². The first-order chi connectivity index (χ1) is 9.26. The highest BCUT2D eigenvalue weighted by Gasteiger charge is 2.19. The van der Waals surface area contributed by atoms with Crippen LogP contribution in [0.2, 0.25) is 0 Å². The van der Waals surface area contributed by atoms with Crippen LogP contribution in [0, 0.1) is 5.92 Å². The molecule has 0 saturated carbocycles. The van der Waals surface area contributed by atoms with Crippen molar-refractivity contribution in [3.05, 3.63) is 42.1 Å². The molecule has 0 aliphatic carbocycles. The van der Waals surface area contributed by atoms with Gasteiger partial charge in [-0.2, -0.15) is 0 Å². The second-order valence-electron chi connectivity index (χ2n) is 5.24. The molecule has 2 aromatic rings. The monoisotopic (exact) mass is 257 g/mol. The van der Waals surface area contributed by atoms with Gasteiger partial charge in [0.25, 0.3) is 0 Å². The standard InChI is InChI=1S/C17H23NO/c1-3-6-13(7-4-2)17(19)15-9-10-16-14(12-15)8-5-11-18-16/h5,8-13,17,19H,3-4,6-7H2,1-2H3. The van der Waals surface area contributed by atoms with Gasteiger partial charge in [0.05, 0.1) is 11.6 Å². The van der Waals surface area contributed by atoms with E-state index in [-0.39, 0.29) is 6.10 Å². The summed E-state index contributed by atoms with van der Waals surface area (Å²) in [7, 11) is 0. The number of nitrogens with zero attached hydrogens (tertiary/aromatic N) is 1. The fourth-order valence-electron chi connectivity index (χ4n) is 2.75. The van der Waals surface area contributed by atoms with Crippen molar-refractivity contribution in [1.29, 1.82) is 0 Å². The van der Waals surface area contributed by atoms with E-state index in [1.54, 1.807) is 6.20 Å². The maximum absolute atomic E-state index is 10.6. The topological polar surface area (TPSA) is 33.1 Å². The Balaban J connectivity index is 2.26. The molecule has 0 spiro atoms. The van der Waals surface area contributed by atoms with Crippen LogP contribution in [0.15, 0.2) is 36.5 Å². The summed E-state index contributed by atoms with van der Waals surface area (Å²) in [4.78, 5) is 4.32. The zero-order valence-electron chi connectivity index (χ0n) is 11.8. The molecule has 2 nitrogen and oxygen atoms in total. The van der Waals surface area contributed by atoms with E-state index in [2.05, 4.69) is 24.9 Å². The van der Waals surface area contributed by atoms with E-state index in [9.17, 15) is 5.11 Å². The number of hydrogen-bond donors (Lipinski definition) is 1. The Labute approximate surface area is 115 Å². The smallest absolute Gasteiger partial charge is 0.0818 e. The fraction of sp³-hybridized carbons (Fsp3) is 0.471. The van der Waals surface area contributed by atoms with Crippen LogP contribution in [0.25, 0.3) is 10.9 Å². The summed E-state index contributed by atoms with van der Waals surface area (Å²) in [6, 6.07) is 10.1.